The third-order valence-electron chi connectivity index (χ3n) is 3.65. The molecule has 0 saturated carbocycles. The van der Waals surface area contributed by atoms with E-state index in [4.69, 9.17) is 16.7 Å². The number of carboxylic acid groups (broad SMARTS) is 1. The van der Waals surface area contributed by atoms with Gasteiger partial charge in [-0.05, 0) is 30.0 Å². The Labute approximate surface area is 129 Å². The molecule has 0 aromatic heterocycles. The number of amides is 2. The first-order valence-corrected chi connectivity index (χ1v) is 7.30. The van der Waals surface area contributed by atoms with E-state index in [1.54, 1.807) is 22.9 Å². The zero-order valence-corrected chi connectivity index (χ0v) is 12.7. The standard InChI is InChI=1S/C15H19ClN2O3/c1-17(9-11-3-2-4-13(16)7-11)15(21)18-6-5-12(10-18)8-14(19)20/h2-4,7,12H,5-6,8-10H2,1H3,(H,19,20). The summed E-state index contributed by atoms with van der Waals surface area (Å²) in [5.41, 5.74) is 0.972. The van der Waals surface area contributed by atoms with Crippen LogP contribution >= 0.6 is 11.6 Å². The average molecular weight is 311 g/mol. The molecule has 1 heterocycles. The molecule has 5 nitrogen and oxygen atoms in total. The molecule has 1 aliphatic heterocycles. The van der Waals surface area contributed by atoms with Gasteiger partial charge in [-0.25, -0.2) is 4.79 Å². The lowest BCUT2D eigenvalue weighted by molar-refractivity contribution is -0.138. The van der Waals surface area contributed by atoms with Crippen molar-refractivity contribution in [1.29, 1.82) is 0 Å². The Balaban J connectivity index is 1.90. The molecular formula is C15H19ClN2O3. The van der Waals surface area contributed by atoms with Crippen molar-refractivity contribution in [3.63, 3.8) is 0 Å². The largest absolute Gasteiger partial charge is 0.481 e. The van der Waals surface area contributed by atoms with E-state index in [-0.39, 0.29) is 18.4 Å². The molecule has 1 N–H and O–H groups in total. The molecule has 2 rings (SSSR count). The van der Waals surface area contributed by atoms with E-state index in [0.29, 0.717) is 24.7 Å². The van der Waals surface area contributed by atoms with Gasteiger partial charge in [-0.3, -0.25) is 4.79 Å². The number of carbonyl (C=O) groups excluding carboxylic acids is 1. The van der Waals surface area contributed by atoms with Gasteiger partial charge in [0, 0.05) is 38.1 Å². The summed E-state index contributed by atoms with van der Waals surface area (Å²) in [6.45, 7) is 1.63. The van der Waals surface area contributed by atoms with Crippen LogP contribution in [0.5, 0.6) is 0 Å². The highest BCUT2D eigenvalue weighted by Gasteiger charge is 2.29. The first-order chi connectivity index (χ1) is 9.95. The first kappa shape index (κ1) is 15.6. The highest BCUT2D eigenvalue weighted by atomic mass is 35.5. The number of hydrogen-bond acceptors (Lipinski definition) is 2. The van der Waals surface area contributed by atoms with Crippen LogP contribution in [-0.4, -0.2) is 47.0 Å². The maximum Gasteiger partial charge on any atom is 0.320 e. The molecule has 1 fully saturated rings. The summed E-state index contributed by atoms with van der Waals surface area (Å²) >= 11 is 5.93. The fraction of sp³-hybridized carbons (Fsp3) is 0.467. The molecule has 2 amide bonds. The molecule has 114 valence electrons. The molecule has 1 aromatic rings. The Hall–Kier alpha value is -1.75. The quantitative estimate of drug-likeness (QED) is 0.930. The van der Waals surface area contributed by atoms with E-state index in [9.17, 15) is 9.59 Å². The second-order valence-corrected chi connectivity index (χ2v) is 5.90. The lowest BCUT2D eigenvalue weighted by Gasteiger charge is -2.24. The van der Waals surface area contributed by atoms with Crippen molar-refractivity contribution in [1.82, 2.24) is 9.80 Å². The number of halogens is 1. The fourth-order valence-corrected chi connectivity index (χ4v) is 2.85. The Morgan fingerprint density at radius 1 is 1.48 bits per heavy atom. The van der Waals surface area contributed by atoms with E-state index in [1.807, 2.05) is 18.2 Å². The monoisotopic (exact) mass is 310 g/mol. The zero-order valence-electron chi connectivity index (χ0n) is 12.0. The molecule has 0 bridgehead atoms. The molecule has 0 aliphatic carbocycles. The Morgan fingerprint density at radius 3 is 2.90 bits per heavy atom. The third-order valence-corrected chi connectivity index (χ3v) is 3.89. The minimum absolute atomic E-state index is 0.0611. The summed E-state index contributed by atoms with van der Waals surface area (Å²) in [4.78, 5) is 26.4. The predicted octanol–water partition coefficient (Wildman–Crippen LogP) is 2.69. The molecule has 6 heteroatoms. The number of hydrogen-bond donors (Lipinski definition) is 1. The normalized spacial score (nSPS) is 17.8. The lowest BCUT2D eigenvalue weighted by atomic mass is 10.1. The SMILES string of the molecule is CN(Cc1cccc(Cl)c1)C(=O)N1CCC(CC(=O)O)C1. The smallest absolute Gasteiger partial charge is 0.320 e. The minimum atomic E-state index is -0.804. The van der Waals surface area contributed by atoms with Gasteiger partial charge in [0.05, 0.1) is 0 Å². The van der Waals surface area contributed by atoms with Gasteiger partial charge in [-0.2, -0.15) is 0 Å². The maximum absolute atomic E-state index is 12.3. The number of urea groups is 1. The summed E-state index contributed by atoms with van der Waals surface area (Å²) < 4.78 is 0. The lowest BCUT2D eigenvalue weighted by Crippen LogP contribution is -2.39. The summed E-state index contributed by atoms with van der Waals surface area (Å²) in [6, 6.07) is 7.34. The van der Waals surface area contributed by atoms with Crippen molar-refractivity contribution < 1.29 is 14.7 Å². The highest BCUT2D eigenvalue weighted by Crippen LogP contribution is 2.21. The van der Waals surface area contributed by atoms with Crippen LogP contribution in [0.2, 0.25) is 5.02 Å². The van der Waals surface area contributed by atoms with Crippen molar-refractivity contribution in [3.05, 3.63) is 34.9 Å². The van der Waals surface area contributed by atoms with E-state index < -0.39 is 5.97 Å². The molecule has 0 spiro atoms. The van der Waals surface area contributed by atoms with Crippen LogP contribution in [0.3, 0.4) is 0 Å². The number of carbonyl (C=O) groups is 2. The van der Waals surface area contributed by atoms with Gasteiger partial charge in [-0.1, -0.05) is 23.7 Å². The topological polar surface area (TPSA) is 60.9 Å². The van der Waals surface area contributed by atoms with Crippen molar-refractivity contribution in [2.45, 2.75) is 19.4 Å². The van der Waals surface area contributed by atoms with Crippen LogP contribution < -0.4 is 0 Å². The van der Waals surface area contributed by atoms with Gasteiger partial charge in [0.2, 0.25) is 0 Å². The van der Waals surface area contributed by atoms with Gasteiger partial charge in [-0.15, -0.1) is 0 Å². The van der Waals surface area contributed by atoms with Crippen LogP contribution in [0.1, 0.15) is 18.4 Å². The van der Waals surface area contributed by atoms with Gasteiger partial charge in [0.15, 0.2) is 0 Å². The van der Waals surface area contributed by atoms with E-state index in [2.05, 4.69) is 0 Å². The Bertz CT molecular complexity index is 535. The maximum atomic E-state index is 12.3. The van der Waals surface area contributed by atoms with Crippen molar-refractivity contribution >= 4 is 23.6 Å². The number of likely N-dealkylation sites (tertiary alicyclic amines) is 1. The fourth-order valence-electron chi connectivity index (χ4n) is 2.64. The summed E-state index contributed by atoms with van der Waals surface area (Å²) in [5.74, 6) is -0.743. The van der Waals surface area contributed by atoms with E-state index in [0.717, 1.165) is 12.0 Å². The number of aliphatic carboxylic acids is 1. The zero-order chi connectivity index (χ0) is 15.4. The van der Waals surface area contributed by atoms with Crippen LogP contribution in [0.15, 0.2) is 24.3 Å². The predicted molar refractivity (Wildman–Crippen MR) is 80.2 cm³/mol. The second-order valence-electron chi connectivity index (χ2n) is 5.47. The molecule has 1 aromatic carbocycles. The van der Waals surface area contributed by atoms with Crippen molar-refractivity contribution in [2.24, 2.45) is 5.92 Å². The molecule has 1 unspecified atom stereocenters. The van der Waals surface area contributed by atoms with Gasteiger partial charge in [0.25, 0.3) is 0 Å². The van der Waals surface area contributed by atoms with Gasteiger partial charge < -0.3 is 14.9 Å². The van der Waals surface area contributed by atoms with Gasteiger partial charge >= 0.3 is 12.0 Å². The average Bonchev–Trinajstić information content (AvgIpc) is 2.85. The van der Waals surface area contributed by atoms with Gasteiger partial charge in [0.1, 0.15) is 0 Å². The summed E-state index contributed by atoms with van der Waals surface area (Å²) in [7, 11) is 1.74. The molecule has 1 atom stereocenters. The molecule has 21 heavy (non-hydrogen) atoms. The van der Waals surface area contributed by atoms with Crippen molar-refractivity contribution in [2.75, 3.05) is 20.1 Å². The molecule has 1 saturated heterocycles. The first-order valence-electron chi connectivity index (χ1n) is 6.92. The minimum Gasteiger partial charge on any atom is -0.481 e. The number of nitrogens with zero attached hydrogens (tertiary/aromatic N) is 2. The molecule has 1 aliphatic rings. The number of benzene rings is 1. The number of carboxylic acids is 1. The number of rotatable bonds is 4. The van der Waals surface area contributed by atoms with E-state index in [1.165, 1.54) is 0 Å². The molecular weight excluding hydrogens is 292 g/mol. The second kappa shape index (κ2) is 6.80. The van der Waals surface area contributed by atoms with Crippen molar-refractivity contribution in [3.8, 4) is 0 Å². The third kappa shape index (κ3) is 4.36. The van der Waals surface area contributed by atoms with Crippen LogP contribution in [0, 0.1) is 5.92 Å². The van der Waals surface area contributed by atoms with E-state index >= 15 is 0 Å². The summed E-state index contributed by atoms with van der Waals surface area (Å²) in [6.07, 6.45) is 0.880. The summed E-state index contributed by atoms with van der Waals surface area (Å²) in [5, 5.41) is 9.45. The molecule has 0 radical (unpaired) electrons. The van der Waals surface area contributed by atoms with Crippen LogP contribution in [0.4, 0.5) is 4.79 Å². The Kier molecular flexibility index (Phi) is 5.07. The Morgan fingerprint density at radius 2 is 2.24 bits per heavy atom. The van der Waals surface area contributed by atoms with Crippen LogP contribution in [0.25, 0.3) is 0 Å². The van der Waals surface area contributed by atoms with Crippen LogP contribution in [-0.2, 0) is 11.3 Å². The highest BCUT2D eigenvalue weighted by molar-refractivity contribution is 6.30.